The first-order valence-electron chi connectivity index (χ1n) is 5.60. The topological polar surface area (TPSA) is 38.3 Å². The normalized spacial score (nSPS) is 11.2. The predicted octanol–water partition coefficient (Wildman–Crippen LogP) is 3.58. The van der Waals surface area contributed by atoms with Crippen LogP contribution in [0.1, 0.15) is 15.2 Å². The molecule has 2 aromatic rings. The second-order valence-electron chi connectivity index (χ2n) is 3.86. The molecule has 3 nitrogen and oxygen atoms in total. The third kappa shape index (κ3) is 4.27. The number of alkyl halides is 3. The fourth-order valence-electron chi connectivity index (χ4n) is 1.53. The van der Waals surface area contributed by atoms with Crippen molar-refractivity contribution in [1.29, 1.82) is 0 Å². The molecule has 0 radical (unpaired) electrons. The number of halogens is 3. The smallest absolute Gasteiger partial charge is 0.406 e. The molecule has 1 heterocycles. The summed E-state index contributed by atoms with van der Waals surface area (Å²) in [7, 11) is 0. The molecule has 0 atom stereocenters. The van der Waals surface area contributed by atoms with Crippen LogP contribution < -0.4 is 10.1 Å². The first kappa shape index (κ1) is 14.4. The van der Waals surface area contributed by atoms with E-state index >= 15 is 0 Å². The highest BCUT2D eigenvalue weighted by molar-refractivity contribution is 7.12. The van der Waals surface area contributed by atoms with Crippen LogP contribution in [0.15, 0.2) is 41.8 Å². The lowest BCUT2D eigenvalue weighted by Crippen LogP contribution is -2.22. The molecule has 0 bridgehead atoms. The Labute approximate surface area is 117 Å². The van der Waals surface area contributed by atoms with E-state index in [1.165, 1.54) is 29.5 Å². The van der Waals surface area contributed by atoms with Gasteiger partial charge in [0, 0.05) is 6.54 Å². The maximum atomic E-state index is 12.1. The molecule has 0 aliphatic heterocycles. The number of amides is 1. The van der Waals surface area contributed by atoms with Crippen LogP contribution in [0, 0.1) is 0 Å². The molecule has 0 unspecified atom stereocenters. The van der Waals surface area contributed by atoms with E-state index in [1.807, 2.05) is 0 Å². The molecular weight excluding hydrogens is 291 g/mol. The van der Waals surface area contributed by atoms with Gasteiger partial charge in [-0.3, -0.25) is 4.79 Å². The average molecular weight is 301 g/mol. The maximum Gasteiger partial charge on any atom is 0.573 e. The summed E-state index contributed by atoms with van der Waals surface area (Å²) in [5, 5.41) is 4.40. The fraction of sp³-hybridized carbons (Fsp3) is 0.154. The molecule has 1 amide bonds. The van der Waals surface area contributed by atoms with Gasteiger partial charge in [0.25, 0.3) is 5.91 Å². The zero-order chi connectivity index (χ0) is 14.6. The largest absolute Gasteiger partial charge is 0.573 e. The molecule has 0 spiro atoms. The van der Waals surface area contributed by atoms with Crippen molar-refractivity contribution in [2.24, 2.45) is 0 Å². The van der Waals surface area contributed by atoms with E-state index in [1.54, 1.807) is 23.6 Å². The minimum atomic E-state index is -4.72. The highest BCUT2D eigenvalue weighted by Gasteiger charge is 2.31. The number of hydrogen-bond donors (Lipinski definition) is 1. The van der Waals surface area contributed by atoms with E-state index in [0.29, 0.717) is 10.4 Å². The van der Waals surface area contributed by atoms with Crippen LogP contribution in [-0.2, 0) is 6.54 Å². The molecule has 1 N–H and O–H groups in total. The summed E-state index contributed by atoms with van der Waals surface area (Å²) in [6.07, 6.45) is -4.72. The molecule has 0 saturated heterocycles. The number of benzene rings is 1. The molecule has 2 rings (SSSR count). The van der Waals surface area contributed by atoms with Crippen molar-refractivity contribution >= 4 is 17.2 Å². The summed E-state index contributed by atoms with van der Waals surface area (Å²) in [5.74, 6) is -0.567. The van der Waals surface area contributed by atoms with Gasteiger partial charge in [-0.1, -0.05) is 18.2 Å². The third-order valence-electron chi connectivity index (χ3n) is 2.33. The van der Waals surface area contributed by atoms with E-state index < -0.39 is 6.36 Å². The molecule has 0 aliphatic carbocycles. The Morgan fingerprint density at radius 1 is 1.25 bits per heavy atom. The Bertz CT molecular complexity index is 582. The first-order valence-corrected chi connectivity index (χ1v) is 6.48. The van der Waals surface area contributed by atoms with E-state index in [4.69, 9.17) is 0 Å². The Morgan fingerprint density at radius 3 is 2.70 bits per heavy atom. The van der Waals surface area contributed by atoms with Gasteiger partial charge in [0.2, 0.25) is 0 Å². The number of carbonyl (C=O) groups excluding carboxylic acids is 1. The van der Waals surface area contributed by atoms with Crippen LogP contribution in [0.25, 0.3) is 0 Å². The third-order valence-corrected chi connectivity index (χ3v) is 3.20. The lowest BCUT2D eigenvalue weighted by atomic mass is 10.2. The van der Waals surface area contributed by atoms with Gasteiger partial charge < -0.3 is 10.1 Å². The second kappa shape index (κ2) is 5.96. The molecule has 20 heavy (non-hydrogen) atoms. The van der Waals surface area contributed by atoms with Gasteiger partial charge in [-0.05, 0) is 29.1 Å². The summed E-state index contributed by atoms with van der Waals surface area (Å²) in [6, 6.07) is 8.91. The van der Waals surface area contributed by atoms with Crippen molar-refractivity contribution in [3.63, 3.8) is 0 Å². The number of carbonyl (C=O) groups is 1. The fourth-order valence-corrected chi connectivity index (χ4v) is 2.17. The van der Waals surface area contributed by atoms with Crippen molar-refractivity contribution in [2.45, 2.75) is 12.9 Å². The van der Waals surface area contributed by atoms with Gasteiger partial charge in [-0.2, -0.15) is 0 Å². The molecule has 1 aromatic heterocycles. The van der Waals surface area contributed by atoms with Crippen molar-refractivity contribution in [1.82, 2.24) is 5.32 Å². The van der Waals surface area contributed by atoms with Crippen molar-refractivity contribution in [3.8, 4) is 5.75 Å². The average Bonchev–Trinajstić information content (AvgIpc) is 2.88. The zero-order valence-corrected chi connectivity index (χ0v) is 10.9. The second-order valence-corrected chi connectivity index (χ2v) is 4.80. The lowest BCUT2D eigenvalue weighted by Gasteiger charge is -2.10. The van der Waals surface area contributed by atoms with Crippen LogP contribution in [0.5, 0.6) is 5.75 Å². The van der Waals surface area contributed by atoms with Crippen molar-refractivity contribution < 1.29 is 22.7 Å². The van der Waals surface area contributed by atoms with Gasteiger partial charge in [-0.25, -0.2) is 0 Å². The zero-order valence-electron chi connectivity index (χ0n) is 10.1. The number of hydrogen-bond acceptors (Lipinski definition) is 3. The summed E-state index contributed by atoms with van der Waals surface area (Å²) in [6.45, 7) is 0.131. The SMILES string of the molecule is O=C(NCc1cccc(OC(F)(F)F)c1)c1cccs1. The molecule has 0 saturated carbocycles. The molecule has 0 aliphatic rings. The number of ether oxygens (including phenoxy) is 1. The number of nitrogens with one attached hydrogen (secondary N) is 1. The molecule has 1 aromatic carbocycles. The van der Waals surface area contributed by atoms with Crippen LogP contribution in [0.4, 0.5) is 13.2 Å². The van der Waals surface area contributed by atoms with E-state index in [2.05, 4.69) is 10.1 Å². The Morgan fingerprint density at radius 2 is 2.05 bits per heavy atom. The van der Waals surface area contributed by atoms with Gasteiger partial charge in [0.1, 0.15) is 5.75 Å². The summed E-state index contributed by atoms with van der Waals surface area (Å²) >= 11 is 1.29. The highest BCUT2D eigenvalue weighted by Crippen LogP contribution is 2.23. The van der Waals surface area contributed by atoms with Gasteiger partial charge in [0.15, 0.2) is 0 Å². The maximum absolute atomic E-state index is 12.1. The van der Waals surface area contributed by atoms with Crippen LogP contribution in [-0.4, -0.2) is 12.3 Å². The summed E-state index contributed by atoms with van der Waals surface area (Å²) in [5.41, 5.74) is 0.525. The van der Waals surface area contributed by atoms with Gasteiger partial charge in [0.05, 0.1) is 4.88 Å². The standard InChI is InChI=1S/C13H10F3NO2S/c14-13(15,16)19-10-4-1-3-9(7-10)8-17-12(18)11-5-2-6-20-11/h1-7H,8H2,(H,17,18). The van der Waals surface area contributed by atoms with E-state index in [9.17, 15) is 18.0 Å². The van der Waals surface area contributed by atoms with Gasteiger partial charge >= 0.3 is 6.36 Å². The Balaban J connectivity index is 1.96. The number of rotatable bonds is 4. The van der Waals surface area contributed by atoms with E-state index in [-0.39, 0.29) is 18.2 Å². The van der Waals surface area contributed by atoms with Crippen molar-refractivity contribution in [3.05, 3.63) is 52.2 Å². The van der Waals surface area contributed by atoms with Crippen LogP contribution >= 0.6 is 11.3 Å². The first-order chi connectivity index (χ1) is 9.44. The lowest BCUT2D eigenvalue weighted by molar-refractivity contribution is -0.274. The van der Waals surface area contributed by atoms with Gasteiger partial charge in [-0.15, -0.1) is 24.5 Å². The minimum absolute atomic E-state index is 0.131. The molecule has 7 heteroatoms. The molecule has 0 fully saturated rings. The quantitative estimate of drug-likeness (QED) is 0.937. The molecule has 106 valence electrons. The summed E-state index contributed by atoms with van der Waals surface area (Å²) in [4.78, 5) is 12.2. The summed E-state index contributed by atoms with van der Waals surface area (Å²) < 4.78 is 40.1. The van der Waals surface area contributed by atoms with Crippen molar-refractivity contribution in [2.75, 3.05) is 0 Å². The van der Waals surface area contributed by atoms with Crippen LogP contribution in [0.2, 0.25) is 0 Å². The monoisotopic (exact) mass is 301 g/mol. The minimum Gasteiger partial charge on any atom is -0.406 e. The Kier molecular flexibility index (Phi) is 4.29. The van der Waals surface area contributed by atoms with Crippen LogP contribution in [0.3, 0.4) is 0 Å². The Hall–Kier alpha value is -2.02. The highest BCUT2D eigenvalue weighted by atomic mass is 32.1. The number of thiophene rings is 1. The van der Waals surface area contributed by atoms with E-state index in [0.717, 1.165) is 0 Å². The molecular formula is C13H10F3NO2S. The predicted molar refractivity (Wildman–Crippen MR) is 68.6 cm³/mol.